The molecular weight excluding hydrogens is 902 g/mol. The Morgan fingerprint density at radius 2 is 1.35 bits per heavy atom. The minimum Gasteiger partial charge on any atom is -0.477 e. The summed E-state index contributed by atoms with van der Waals surface area (Å²) in [5.74, 6) is -9.76. The number of azide groups is 1. The van der Waals surface area contributed by atoms with Gasteiger partial charge in [0, 0.05) is 30.9 Å². The number of hydrogen-bond acceptors (Lipinski definition) is 26. The molecule has 0 aromatic heterocycles. The number of carbonyl (C=O) groups is 2. The van der Waals surface area contributed by atoms with Crippen molar-refractivity contribution in [2.75, 3.05) is 46.2 Å². The van der Waals surface area contributed by atoms with Gasteiger partial charge in [0.1, 0.15) is 79.4 Å². The summed E-state index contributed by atoms with van der Waals surface area (Å²) in [7, 11) is 0. The highest BCUT2D eigenvalue weighted by Crippen LogP contribution is 2.37. The lowest BCUT2D eigenvalue weighted by Crippen LogP contribution is -2.68. The number of rotatable bonds is 28. The third-order valence-corrected chi connectivity index (χ3v) is 11.2. The highest BCUT2D eigenvalue weighted by atomic mass is 16.8. The van der Waals surface area contributed by atoms with E-state index < -0.39 is 186 Å². The minimum absolute atomic E-state index is 0.0396. The van der Waals surface area contributed by atoms with Gasteiger partial charge in [-0.2, -0.15) is 0 Å². The van der Waals surface area contributed by atoms with E-state index in [1.54, 1.807) is 0 Å². The Hall–Kier alpha value is -2.67. The van der Waals surface area contributed by atoms with Gasteiger partial charge in [0.25, 0.3) is 11.6 Å². The van der Waals surface area contributed by atoms with Gasteiger partial charge in [0.2, 0.25) is 0 Å². The molecule has 3 heterocycles. The fraction of sp³-hybridized carbons (Fsp3) is 0.944. The Bertz CT molecular complexity index is 1540. The molecule has 0 spiro atoms. The fourth-order valence-electron chi connectivity index (χ4n) is 7.20. The Balaban J connectivity index is 1.90. The summed E-state index contributed by atoms with van der Waals surface area (Å²) < 4.78 is 45.1. The normalized spacial score (nSPS) is 36.5. The maximum atomic E-state index is 13.1. The van der Waals surface area contributed by atoms with Crippen molar-refractivity contribution < 1.29 is 124 Å². The zero-order valence-corrected chi connectivity index (χ0v) is 35.7. The molecule has 66 heavy (non-hydrogen) atoms. The van der Waals surface area contributed by atoms with Gasteiger partial charge >= 0.3 is 11.9 Å². The molecule has 3 aliphatic heterocycles. The van der Waals surface area contributed by atoms with E-state index in [9.17, 15) is 86.2 Å². The summed E-state index contributed by atoms with van der Waals surface area (Å²) in [5, 5.41) is 159. The molecule has 3 fully saturated rings. The molecule has 19 N–H and O–H groups in total. The van der Waals surface area contributed by atoms with E-state index in [1.165, 1.54) is 0 Å². The van der Waals surface area contributed by atoms with Gasteiger partial charge in [0.05, 0.1) is 57.3 Å². The molecule has 0 aromatic carbocycles. The number of aliphatic hydroxyl groups is 13. The summed E-state index contributed by atoms with van der Waals surface area (Å²) >= 11 is 0. The van der Waals surface area contributed by atoms with E-state index in [-0.39, 0.29) is 13.2 Å². The van der Waals surface area contributed by atoms with Gasteiger partial charge in [-0.1, -0.05) is 11.5 Å². The highest BCUT2D eigenvalue weighted by Gasteiger charge is 2.58. The molecule has 3 saturated heterocycles. The predicted molar refractivity (Wildman–Crippen MR) is 211 cm³/mol. The summed E-state index contributed by atoms with van der Waals surface area (Å²) in [4.78, 5) is 28.3. The molecule has 0 aliphatic carbocycles. The van der Waals surface area contributed by atoms with Crippen molar-refractivity contribution in [1.82, 2.24) is 0 Å². The number of aliphatic carboxylic acids is 2. The quantitative estimate of drug-likeness (QED) is 0.0114. The summed E-state index contributed by atoms with van der Waals surface area (Å²) in [6, 6.07) is -3.23. The van der Waals surface area contributed by atoms with E-state index in [2.05, 4.69) is 10.0 Å². The number of hydrogen-bond donors (Lipinski definition) is 17. The number of carboxylic acid groups (broad SMARTS) is 2. The van der Waals surface area contributed by atoms with Crippen LogP contribution in [0.3, 0.4) is 0 Å². The summed E-state index contributed by atoms with van der Waals surface area (Å²) in [6.45, 7) is -4.07. The summed E-state index contributed by atoms with van der Waals surface area (Å²) in [5.41, 5.74) is 20.7. The van der Waals surface area contributed by atoms with E-state index in [0.717, 1.165) is 6.92 Å². The molecular formula is C36H65N5O25. The van der Waals surface area contributed by atoms with Crippen molar-refractivity contribution >= 4 is 11.9 Å². The van der Waals surface area contributed by atoms with Gasteiger partial charge in [-0.3, -0.25) is 0 Å². The zero-order chi connectivity index (χ0) is 49.7. The lowest BCUT2D eigenvalue weighted by Gasteiger charge is -2.48. The van der Waals surface area contributed by atoms with Crippen molar-refractivity contribution in [2.24, 2.45) is 16.6 Å². The molecule has 0 radical (unpaired) electrons. The maximum absolute atomic E-state index is 13.1. The number of nitrogens with zero attached hydrogens (tertiary/aromatic N) is 3. The van der Waals surface area contributed by atoms with Crippen molar-refractivity contribution in [1.29, 1.82) is 0 Å². The van der Waals surface area contributed by atoms with Crippen molar-refractivity contribution in [3.63, 3.8) is 0 Å². The number of aliphatic hydroxyl groups excluding tert-OH is 13. The predicted octanol–water partition coefficient (Wildman–Crippen LogP) is -8.26. The number of nitrogens with two attached hydrogens (primary N) is 2. The molecule has 21 atom stereocenters. The first kappa shape index (κ1) is 57.6. The number of carboxylic acids is 2. The van der Waals surface area contributed by atoms with Gasteiger partial charge in [0.15, 0.2) is 12.6 Å². The van der Waals surface area contributed by atoms with Gasteiger partial charge in [-0.05, 0) is 25.3 Å². The average Bonchev–Trinajstić information content (AvgIpc) is 3.29. The number of ether oxygens (including phenoxy) is 8. The first-order valence-corrected chi connectivity index (χ1v) is 20.9. The molecule has 0 aromatic rings. The second-order valence-corrected chi connectivity index (χ2v) is 16.1. The standard InChI is InChI=1S/C36H65N5O25/c1-14(45)31(63-20(16(47)9-42)12-60-35(33(55)56)7-15(46)22(37)29(65-35)24(50)17(48)10-43)62-19-8-36(34(57)58,66-30(23(19)38)25(51)18(49)11-44)61-13-21-26(52)27(53)28(54)32(64-21)59-6-4-2-3-5-40-41-39/h14-32,42-54H,2-13,37-38H2,1H3,(H,55,56)(H,57,58)/t14-,15+,16+,17+,18+,19+,20?,21?,22+,23+,24+,25+,26-,27-,28?,29?,30?,31-,32-,35+,36+/m0/s1. The van der Waals surface area contributed by atoms with Crippen LogP contribution in [0.2, 0.25) is 0 Å². The van der Waals surface area contributed by atoms with Crippen LogP contribution >= 0.6 is 0 Å². The van der Waals surface area contributed by atoms with Crippen molar-refractivity contribution in [2.45, 2.75) is 167 Å². The minimum atomic E-state index is -2.98. The summed E-state index contributed by atoms with van der Waals surface area (Å²) in [6.07, 6.45) is -32.8. The SMILES string of the molecule is C[C@H](O)[C@H](OC(CO[C@]1(C(=O)O)C[C@@H](O)[C@@H](N)C([C@H](O)[C@H](O)CO)O1)[C@H](O)CO)O[C@@H]1C[C@](OCC2O[C@H](OCCCCCN=[N+]=[N-])C(O)[C@@H](O)[C@H]2O)(C(=O)O)OC([C@H](O)[C@H](O)CO)[C@@H]1N. The second-order valence-electron chi connectivity index (χ2n) is 16.1. The molecule has 30 heteroatoms. The van der Waals surface area contributed by atoms with Crippen LogP contribution in [0.1, 0.15) is 39.0 Å². The first-order valence-electron chi connectivity index (χ1n) is 20.9. The molecule has 0 saturated carbocycles. The van der Waals surface area contributed by atoms with Crippen molar-refractivity contribution in [3.05, 3.63) is 10.4 Å². The Morgan fingerprint density at radius 3 is 1.88 bits per heavy atom. The zero-order valence-electron chi connectivity index (χ0n) is 35.7. The van der Waals surface area contributed by atoms with Gasteiger partial charge in [-0.25, -0.2) is 9.59 Å². The van der Waals surface area contributed by atoms with Crippen LogP contribution in [-0.2, 0) is 47.5 Å². The van der Waals surface area contributed by atoms with Gasteiger partial charge in [-0.15, -0.1) is 0 Å². The topological polar surface area (TPSA) is 512 Å². The molecule has 30 nitrogen and oxygen atoms in total. The average molecular weight is 968 g/mol. The Morgan fingerprint density at radius 1 is 0.788 bits per heavy atom. The van der Waals surface area contributed by atoms with E-state index in [1.807, 2.05) is 0 Å². The van der Waals surface area contributed by atoms with Crippen LogP contribution in [0.15, 0.2) is 5.11 Å². The monoisotopic (exact) mass is 967 g/mol. The lowest BCUT2D eigenvalue weighted by atomic mass is 9.89. The second kappa shape index (κ2) is 26.3. The lowest BCUT2D eigenvalue weighted by molar-refractivity contribution is -0.350. The molecule has 5 unspecified atom stereocenters. The molecule has 0 amide bonds. The molecule has 384 valence electrons. The highest BCUT2D eigenvalue weighted by molar-refractivity contribution is 5.76. The van der Waals surface area contributed by atoms with E-state index in [0.29, 0.717) is 19.3 Å². The third kappa shape index (κ3) is 14.4. The van der Waals surface area contributed by atoms with Gasteiger partial charge < -0.3 is 126 Å². The number of unbranched alkanes of at least 4 members (excludes halogenated alkanes) is 2. The third-order valence-electron chi connectivity index (χ3n) is 11.2. The van der Waals surface area contributed by atoms with Crippen LogP contribution in [-0.4, -0.2) is 263 Å². The van der Waals surface area contributed by atoms with Crippen LogP contribution in [0.5, 0.6) is 0 Å². The van der Waals surface area contributed by atoms with E-state index >= 15 is 0 Å². The van der Waals surface area contributed by atoms with Crippen LogP contribution in [0, 0.1) is 0 Å². The largest absolute Gasteiger partial charge is 0.477 e. The molecule has 3 rings (SSSR count). The van der Waals surface area contributed by atoms with Crippen LogP contribution < -0.4 is 11.5 Å². The van der Waals surface area contributed by atoms with Crippen LogP contribution in [0.25, 0.3) is 10.4 Å². The first-order chi connectivity index (χ1) is 31.0. The fourth-order valence-corrected chi connectivity index (χ4v) is 7.20. The smallest absolute Gasteiger partial charge is 0.364 e. The van der Waals surface area contributed by atoms with E-state index in [4.69, 9.17) is 54.9 Å². The van der Waals surface area contributed by atoms with Crippen molar-refractivity contribution in [3.8, 4) is 0 Å². The maximum Gasteiger partial charge on any atom is 0.364 e. The molecule has 0 bridgehead atoms. The Labute approximate surface area is 375 Å². The Kier molecular flexibility index (Phi) is 23.0. The molecule has 3 aliphatic rings. The van der Waals surface area contributed by atoms with Crippen LogP contribution in [0.4, 0.5) is 0 Å².